The minimum Gasteiger partial charge on any atom is -0.349 e. The van der Waals surface area contributed by atoms with Gasteiger partial charge in [0, 0.05) is 10.8 Å². The van der Waals surface area contributed by atoms with Crippen molar-refractivity contribution < 1.29 is 4.79 Å². The zero-order valence-electron chi connectivity index (χ0n) is 14.6. The van der Waals surface area contributed by atoms with E-state index in [-0.39, 0.29) is 11.9 Å². The van der Waals surface area contributed by atoms with E-state index in [1.165, 1.54) is 28.7 Å². The molecule has 0 radical (unpaired) electrons. The molecular formula is C19H18ClN3OS3. The average Bonchev–Trinajstić information content (AvgIpc) is 3.14. The number of rotatable bonds is 8. The minimum absolute atomic E-state index is 0.0121. The van der Waals surface area contributed by atoms with Crippen LogP contribution in [0.2, 0.25) is 5.02 Å². The van der Waals surface area contributed by atoms with Crippen LogP contribution in [0.15, 0.2) is 63.3 Å². The molecule has 4 nitrogen and oxygen atoms in total. The molecule has 1 atom stereocenters. The second-order valence-corrected chi connectivity index (χ2v) is 9.60. The predicted octanol–water partition coefficient (Wildman–Crippen LogP) is 5.45. The van der Waals surface area contributed by atoms with Crippen molar-refractivity contribution in [3.05, 3.63) is 70.7 Å². The van der Waals surface area contributed by atoms with Crippen LogP contribution in [0.3, 0.4) is 0 Å². The van der Waals surface area contributed by atoms with Gasteiger partial charge < -0.3 is 5.32 Å². The number of nitrogens with one attached hydrogen (secondary N) is 1. The molecule has 27 heavy (non-hydrogen) atoms. The fourth-order valence-corrected chi connectivity index (χ4v) is 5.19. The largest absolute Gasteiger partial charge is 0.349 e. The molecule has 0 saturated heterocycles. The smallest absolute Gasteiger partial charge is 0.230 e. The Kier molecular flexibility index (Phi) is 7.58. The van der Waals surface area contributed by atoms with Crippen LogP contribution in [-0.2, 0) is 10.5 Å². The number of aromatic nitrogens is 2. The van der Waals surface area contributed by atoms with Crippen LogP contribution < -0.4 is 5.32 Å². The van der Waals surface area contributed by atoms with Gasteiger partial charge in [-0.2, -0.15) is 0 Å². The zero-order chi connectivity index (χ0) is 19.1. The lowest BCUT2D eigenvalue weighted by Gasteiger charge is -2.13. The van der Waals surface area contributed by atoms with E-state index in [2.05, 4.69) is 15.5 Å². The molecule has 3 rings (SSSR count). The Balaban J connectivity index is 1.43. The maximum absolute atomic E-state index is 12.2. The summed E-state index contributed by atoms with van der Waals surface area (Å²) >= 11 is 10.4. The molecule has 3 aromatic rings. The highest BCUT2D eigenvalue weighted by Crippen LogP contribution is 2.30. The molecule has 1 N–H and O–H groups in total. The fourth-order valence-electron chi connectivity index (χ4n) is 2.28. The van der Waals surface area contributed by atoms with Crippen molar-refractivity contribution in [1.29, 1.82) is 0 Å². The Morgan fingerprint density at radius 1 is 1.07 bits per heavy atom. The normalized spacial score (nSPS) is 11.9. The van der Waals surface area contributed by atoms with Gasteiger partial charge in [-0.25, -0.2) is 0 Å². The third kappa shape index (κ3) is 6.53. The van der Waals surface area contributed by atoms with Gasteiger partial charge in [-0.15, -0.1) is 10.2 Å². The SMILES string of the molecule is C[C@H](NC(=O)CSc1nnc(SCc2ccc(Cl)cc2)s1)c1ccccc1. The molecule has 0 unspecified atom stereocenters. The predicted molar refractivity (Wildman–Crippen MR) is 115 cm³/mol. The van der Waals surface area contributed by atoms with Crippen LogP contribution in [0.25, 0.3) is 0 Å². The maximum Gasteiger partial charge on any atom is 0.230 e. The van der Waals surface area contributed by atoms with Crippen molar-refractivity contribution >= 4 is 52.4 Å². The second-order valence-electron chi connectivity index (χ2n) is 5.74. The molecule has 140 valence electrons. The molecular weight excluding hydrogens is 418 g/mol. The van der Waals surface area contributed by atoms with Crippen molar-refractivity contribution in [1.82, 2.24) is 15.5 Å². The monoisotopic (exact) mass is 435 g/mol. The van der Waals surface area contributed by atoms with Gasteiger partial charge in [-0.1, -0.05) is 88.9 Å². The molecule has 0 saturated carbocycles. The van der Waals surface area contributed by atoms with Gasteiger partial charge in [0.1, 0.15) is 0 Å². The Hall–Kier alpha value is -1.54. The van der Waals surface area contributed by atoms with E-state index < -0.39 is 0 Å². The van der Waals surface area contributed by atoms with E-state index >= 15 is 0 Å². The lowest BCUT2D eigenvalue weighted by atomic mass is 10.1. The van der Waals surface area contributed by atoms with Crippen LogP contribution in [0.1, 0.15) is 24.1 Å². The van der Waals surface area contributed by atoms with Crippen LogP contribution in [0, 0.1) is 0 Å². The van der Waals surface area contributed by atoms with Crippen molar-refractivity contribution in [2.45, 2.75) is 27.4 Å². The summed E-state index contributed by atoms with van der Waals surface area (Å²) in [6.45, 7) is 1.98. The van der Waals surface area contributed by atoms with E-state index in [0.717, 1.165) is 25.0 Å². The van der Waals surface area contributed by atoms with Crippen molar-refractivity contribution in [2.75, 3.05) is 5.75 Å². The van der Waals surface area contributed by atoms with E-state index in [1.807, 2.05) is 61.5 Å². The standard InChI is InChI=1S/C19H18ClN3OS3/c1-13(15-5-3-2-4-6-15)21-17(24)12-26-19-23-22-18(27-19)25-11-14-7-9-16(20)10-8-14/h2-10,13H,11-12H2,1H3,(H,21,24)/t13-/m0/s1. The van der Waals surface area contributed by atoms with Gasteiger partial charge >= 0.3 is 0 Å². The molecule has 0 spiro atoms. The highest BCUT2D eigenvalue weighted by atomic mass is 35.5. The zero-order valence-corrected chi connectivity index (χ0v) is 17.8. The summed E-state index contributed by atoms with van der Waals surface area (Å²) in [6.07, 6.45) is 0. The molecule has 0 aliphatic carbocycles. The summed E-state index contributed by atoms with van der Waals surface area (Å²) in [5, 5.41) is 12.1. The lowest BCUT2D eigenvalue weighted by molar-refractivity contribution is -0.119. The van der Waals surface area contributed by atoms with Gasteiger partial charge in [0.2, 0.25) is 5.91 Å². The summed E-state index contributed by atoms with van der Waals surface area (Å²) in [5.74, 6) is 1.13. The Labute approximate surface area is 176 Å². The van der Waals surface area contributed by atoms with Gasteiger partial charge in [0.15, 0.2) is 8.68 Å². The first-order chi connectivity index (χ1) is 13.1. The van der Waals surface area contributed by atoms with Crippen LogP contribution >= 0.6 is 46.5 Å². The number of benzene rings is 2. The van der Waals surface area contributed by atoms with Gasteiger partial charge in [-0.05, 0) is 30.2 Å². The molecule has 0 aliphatic heterocycles. The third-order valence-corrected chi connectivity index (χ3v) is 7.18. The number of carbonyl (C=O) groups excluding carboxylic acids is 1. The molecule has 1 heterocycles. The first-order valence-electron chi connectivity index (χ1n) is 8.28. The Morgan fingerprint density at radius 2 is 1.74 bits per heavy atom. The molecule has 1 amide bonds. The summed E-state index contributed by atoms with van der Waals surface area (Å²) in [6, 6.07) is 17.7. The Morgan fingerprint density at radius 3 is 2.44 bits per heavy atom. The molecule has 0 aliphatic rings. The number of thioether (sulfide) groups is 2. The number of halogens is 1. The molecule has 8 heteroatoms. The van der Waals surface area contributed by atoms with Crippen molar-refractivity contribution in [3.8, 4) is 0 Å². The van der Waals surface area contributed by atoms with E-state index in [9.17, 15) is 4.79 Å². The summed E-state index contributed by atoms with van der Waals surface area (Å²) in [7, 11) is 0. The van der Waals surface area contributed by atoms with E-state index in [1.54, 1.807) is 11.8 Å². The maximum atomic E-state index is 12.2. The summed E-state index contributed by atoms with van der Waals surface area (Å²) in [4.78, 5) is 12.2. The number of hydrogen-bond donors (Lipinski definition) is 1. The number of carbonyl (C=O) groups is 1. The first-order valence-corrected chi connectivity index (χ1v) is 11.4. The number of amides is 1. The van der Waals surface area contributed by atoms with Crippen molar-refractivity contribution in [2.24, 2.45) is 0 Å². The van der Waals surface area contributed by atoms with Crippen LogP contribution in [0.5, 0.6) is 0 Å². The molecule has 0 fully saturated rings. The topological polar surface area (TPSA) is 54.9 Å². The Bertz CT molecular complexity index is 871. The summed E-state index contributed by atoms with van der Waals surface area (Å²) in [5.41, 5.74) is 2.27. The van der Waals surface area contributed by atoms with Gasteiger partial charge in [0.25, 0.3) is 0 Å². The van der Waals surface area contributed by atoms with E-state index in [0.29, 0.717) is 5.75 Å². The third-order valence-electron chi connectivity index (χ3n) is 3.67. The average molecular weight is 436 g/mol. The van der Waals surface area contributed by atoms with Crippen LogP contribution in [0.4, 0.5) is 0 Å². The van der Waals surface area contributed by atoms with Gasteiger partial charge in [-0.3, -0.25) is 4.79 Å². The summed E-state index contributed by atoms with van der Waals surface area (Å²) < 4.78 is 1.70. The fraction of sp³-hybridized carbons (Fsp3) is 0.211. The van der Waals surface area contributed by atoms with Crippen LogP contribution in [-0.4, -0.2) is 21.9 Å². The molecule has 0 bridgehead atoms. The minimum atomic E-state index is -0.0146. The number of nitrogens with zero attached hydrogens (tertiary/aromatic N) is 2. The highest BCUT2D eigenvalue weighted by molar-refractivity contribution is 8.03. The van der Waals surface area contributed by atoms with Gasteiger partial charge in [0.05, 0.1) is 11.8 Å². The first kappa shape index (κ1) is 20.2. The number of hydrogen-bond acceptors (Lipinski definition) is 6. The highest BCUT2D eigenvalue weighted by Gasteiger charge is 2.12. The lowest BCUT2D eigenvalue weighted by Crippen LogP contribution is -2.28. The second kappa shape index (κ2) is 10.1. The quantitative estimate of drug-likeness (QED) is 0.476. The van der Waals surface area contributed by atoms with Crippen molar-refractivity contribution in [3.63, 3.8) is 0 Å². The van der Waals surface area contributed by atoms with E-state index in [4.69, 9.17) is 11.6 Å². The molecule has 2 aromatic carbocycles. The molecule has 1 aromatic heterocycles.